The van der Waals surface area contributed by atoms with Crippen LogP contribution >= 0.6 is 11.8 Å². The average Bonchev–Trinajstić information content (AvgIpc) is 3.31. The zero-order valence-corrected chi connectivity index (χ0v) is 24.3. The second-order valence-electron chi connectivity index (χ2n) is 10.3. The maximum Gasteiger partial charge on any atom is 0.241 e. The number of sulfonamides is 1. The maximum atomic E-state index is 13.6. The minimum atomic E-state index is -3.81. The van der Waals surface area contributed by atoms with Crippen molar-refractivity contribution in [1.29, 1.82) is 0 Å². The fourth-order valence-electron chi connectivity index (χ4n) is 5.51. The van der Waals surface area contributed by atoms with E-state index in [1.165, 1.54) is 11.8 Å². The molecule has 0 aliphatic heterocycles. The molecule has 6 nitrogen and oxygen atoms in total. The van der Waals surface area contributed by atoms with Crippen molar-refractivity contribution in [2.24, 2.45) is 0 Å². The minimum absolute atomic E-state index is 0.233. The first-order valence-corrected chi connectivity index (χ1v) is 16.0. The van der Waals surface area contributed by atoms with Gasteiger partial charge in [0.1, 0.15) is 11.4 Å². The van der Waals surface area contributed by atoms with E-state index >= 15 is 0 Å². The van der Waals surface area contributed by atoms with E-state index in [-0.39, 0.29) is 10.1 Å². The van der Waals surface area contributed by atoms with E-state index in [1.807, 2.05) is 97.9 Å². The fraction of sp³-hybridized carbons (Fsp3) is 0.0882. The number of hydrogen-bond donors (Lipinski definition) is 1. The Kier molecular flexibility index (Phi) is 6.82. The zero-order chi connectivity index (χ0) is 28.7. The predicted molar refractivity (Wildman–Crippen MR) is 167 cm³/mol. The van der Waals surface area contributed by atoms with E-state index in [1.54, 1.807) is 12.1 Å². The smallest absolute Gasteiger partial charge is 0.219 e. The Labute approximate surface area is 248 Å². The van der Waals surface area contributed by atoms with Gasteiger partial charge in [-0.25, -0.2) is 18.1 Å². The molecule has 0 bridgehead atoms. The second kappa shape index (κ2) is 10.8. The molecule has 6 aromatic rings. The lowest BCUT2D eigenvalue weighted by atomic mass is 10.0. The second-order valence-corrected chi connectivity index (χ2v) is 13.1. The molecule has 7 rings (SSSR count). The fourth-order valence-corrected chi connectivity index (χ4v) is 7.96. The third kappa shape index (κ3) is 4.87. The van der Waals surface area contributed by atoms with Crippen LogP contribution in [0.5, 0.6) is 0 Å². The summed E-state index contributed by atoms with van der Waals surface area (Å²) < 4.78 is 30.3. The van der Waals surface area contributed by atoms with Gasteiger partial charge in [0.15, 0.2) is 0 Å². The Morgan fingerprint density at radius 2 is 1.29 bits per heavy atom. The van der Waals surface area contributed by atoms with Gasteiger partial charge in [-0.05, 0) is 41.0 Å². The topological polar surface area (TPSA) is 84.8 Å². The molecule has 0 unspecified atom stereocenters. The molecule has 0 spiro atoms. The molecule has 206 valence electrons. The van der Waals surface area contributed by atoms with Gasteiger partial charge in [0.05, 0.1) is 16.2 Å². The van der Waals surface area contributed by atoms with Gasteiger partial charge < -0.3 is 0 Å². The Hall–Kier alpha value is -4.37. The molecule has 0 fully saturated rings. The van der Waals surface area contributed by atoms with Gasteiger partial charge in [-0.3, -0.25) is 0 Å². The molecular weight excluding hydrogens is 561 g/mol. The summed E-state index contributed by atoms with van der Waals surface area (Å²) >= 11 is 1.43. The van der Waals surface area contributed by atoms with Gasteiger partial charge in [0, 0.05) is 11.1 Å². The van der Waals surface area contributed by atoms with Crippen LogP contribution in [0.3, 0.4) is 0 Å². The van der Waals surface area contributed by atoms with E-state index in [4.69, 9.17) is 4.98 Å². The van der Waals surface area contributed by atoms with Crippen LogP contribution in [0.4, 0.5) is 0 Å². The van der Waals surface area contributed by atoms with Gasteiger partial charge in [-0.1, -0.05) is 127 Å². The van der Waals surface area contributed by atoms with Crippen LogP contribution in [0.1, 0.15) is 28.0 Å². The Morgan fingerprint density at radius 3 is 1.95 bits per heavy atom. The SMILES string of the molecule is Cc1ccc(S(=O)(=O)N[C@H]2c3cccc4cccc(c34)[C@H]2Sc2nnc(-c3ccccc3)c(-c3ccccc3)n2)cc1. The summed E-state index contributed by atoms with van der Waals surface area (Å²) in [7, 11) is -3.81. The minimum Gasteiger partial charge on any atom is -0.219 e. The lowest BCUT2D eigenvalue weighted by Gasteiger charge is -2.22. The van der Waals surface area contributed by atoms with E-state index in [9.17, 15) is 8.42 Å². The summed E-state index contributed by atoms with van der Waals surface area (Å²) in [6, 6.07) is 38.4. The molecule has 0 radical (unpaired) electrons. The molecule has 1 aliphatic carbocycles. The molecule has 1 aromatic heterocycles. The van der Waals surface area contributed by atoms with Crippen molar-refractivity contribution in [2.75, 3.05) is 0 Å². The average molecular weight is 587 g/mol. The maximum absolute atomic E-state index is 13.6. The van der Waals surface area contributed by atoms with Crippen LogP contribution in [-0.4, -0.2) is 23.6 Å². The van der Waals surface area contributed by atoms with Crippen LogP contribution in [-0.2, 0) is 10.0 Å². The van der Waals surface area contributed by atoms with Crippen LogP contribution in [0.25, 0.3) is 33.3 Å². The molecule has 1 aliphatic rings. The summed E-state index contributed by atoms with van der Waals surface area (Å²) in [4.78, 5) is 5.25. The third-order valence-corrected chi connectivity index (χ3v) is 10.1. The molecule has 2 atom stereocenters. The monoisotopic (exact) mass is 586 g/mol. The van der Waals surface area contributed by atoms with E-state index in [2.05, 4.69) is 33.1 Å². The molecule has 42 heavy (non-hydrogen) atoms. The van der Waals surface area contributed by atoms with E-state index in [0.29, 0.717) is 10.9 Å². The molecule has 1 N–H and O–H groups in total. The summed E-state index contributed by atoms with van der Waals surface area (Å²) in [5.74, 6) is 0. The largest absolute Gasteiger partial charge is 0.241 e. The lowest BCUT2D eigenvalue weighted by molar-refractivity contribution is 0.557. The van der Waals surface area contributed by atoms with E-state index < -0.39 is 16.1 Å². The van der Waals surface area contributed by atoms with Crippen molar-refractivity contribution < 1.29 is 8.42 Å². The number of rotatable bonds is 7. The number of nitrogens with one attached hydrogen (secondary N) is 1. The van der Waals surface area contributed by atoms with Crippen LogP contribution in [0.15, 0.2) is 131 Å². The van der Waals surface area contributed by atoms with Gasteiger partial charge in [-0.15, -0.1) is 10.2 Å². The molecular formula is C34H26N4O2S2. The van der Waals surface area contributed by atoms with Gasteiger partial charge in [0.25, 0.3) is 0 Å². The normalized spacial score (nSPS) is 16.1. The first-order valence-electron chi connectivity index (χ1n) is 13.6. The Bertz CT molecular complexity index is 2010. The van der Waals surface area contributed by atoms with Crippen molar-refractivity contribution in [3.05, 3.63) is 138 Å². The highest BCUT2D eigenvalue weighted by Crippen LogP contribution is 2.53. The number of aromatic nitrogens is 3. The number of thioether (sulfide) groups is 1. The Balaban J connectivity index is 1.32. The number of hydrogen-bond acceptors (Lipinski definition) is 6. The van der Waals surface area contributed by atoms with Crippen LogP contribution < -0.4 is 4.72 Å². The van der Waals surface area contributed by atoms with Crippen molar-refractivity contribution >= 4 is 32.6 Å². The van der Waals surface area contributed by atoms with Gasteiger partial charge in [-0.2, -0.15) is 0 Å². The zero-order valence-electron chi connectivity index (χ0n) is 22.7. The molecule has 0 saturated carbocycles. The highest BCUT2D eigenvalue weighted by molar-refractivity contribution is 7.99. The standard InChI is InChI=1S/C34H26N4O2S2/c1-22-18-20-26(21-19-22)42(39,40)38-32-27-16-8-14-23-15-9-17-28(29(23)27)33(32)41-34-35-30(24-10-4-2-5-11-24)31(36-37-34)25-12-6-3-7-13-25/h2-21,32-33,38H,1H3/t32-,33+/m0/s1. The highest BCUT2D eigenvalue weighted by atomic mass is 32.2. The van der Waals surface area contributed by atoms with E-state index in [0.717, 1.165) is 44.3 Å². The Morgan fingerprint density at radius 1 is 0.667 bits per heavy atom. The number of aryl methyl sites for hydroxylation is 1. The first-order chi connectivity index (χ1) is 20.5. The summed E-state index contributed by atoms with van der Waals surface area (Å²) in [5.41, 5.74) is 6.26. The van der Waals surface area contributed by atoms with Crippen molar-refractivity contribution in [2.45, 2.75) is 28.3 Å². The summed E-state index contributed by atoms with van der Waals surface area (Å²) in [6.45, 7) is 1.94. The third-order valence-electron chi connectivity index (χ3n) is 7.52. The molecule has 1 heterocycles. The van der Waals surface area contributed by atoms with Gasteiger partial charge in [0.2, 0.25) is 15.2 Å². The number of nitrogens with zero attached hydrogens (tertiary/aromatic N) is 3. The summed E-state index contributed by atoms with van der Waals surface area (Å²) in [5, 5.41) is 11.5. The van der Waals surface area contributed by atoms with Gasteiger partial charge >= 0.3 is 0 Å². The van der Waals surface area contributed by atoms with Crippen molar-refractivity contribution in [3.63, 3.8) is 0 Å². The number of benzene rings is 5. The molecule has 8 heteroatoms. The summed E-state index contributed by atoms with van der Waals surface area (Å²) in [6.07, 6.45) is 0. The molecule has 5 aromatic carbocycles. The lowest BCUT2D eigenvalue weighted by Crippen LogP contribution is -2.30. The van der Waals surface area contributed by atoms with Crippen molar-refractivity contribution in [1.82, 2.24) is 19.9 Å². The predicted octanol–water partition coefficient (Wildman–Crippen LogP) is 7.53. The first kappa shape index (κ1) is 26.5. The quantitative estimate of drug-likeness (QED) is 0.208. The molecule has 0 amide bonds. The molecule has 0 saturated heterocycles. The van der Waals surface area contributed by atoms with Crippen molar-refractivity contribution in [3.8, 4) is 22.5 Å². The van der Waals surface area contributed by atoms with Crippen LogP contribution in [0, 0.1) is 6.92 Å². The van der Waals surface area contributed by atoms with Crippen LogP contribution in [0.2, 0.25) is 0 Å². The highest BCUT2D eigenvalue weighted by Gasteiger charge is 2.38.